The van der Waals surface area contributed by atoms with Crippen LogP contribution in [-0.2, 0) is 11.3 Å². The average Bonchev–Trinajstić information content (AvgIpc) is 2.79. The van der Waals surface area contributed by atoms with Gasteiger partial charge < -0.3 is 10.0 Å². The molecule has 3 rings (SSSR count). The van der Waals surface area contributed by atoms with E-state index in [0.717, 1.165) is 16.7 Å². The number of aliphatic hydroxyl groups is 1. The minimum absolute atomic E-state index is 0.0128. The van der Waals surface area contributed by atoms with E-state index in [1.165, 1.54) is 4.90 Å². The standard InChI is InChI=1S/C26H30N2O2/c1-20(22-15-9-5-10-16-22)28(19-21-13-7-4-8-14-21)24(23-17-11-6-12-18-23)25(29)26(30)27(2)3/h4-18,20,24-25,29H,19H2,1-3H3/t20-,24-,25-/m1/s1. The largest absolute Gasteiger partial charge is 0.381 e. The molecule has 30 heavy (non-hydrogen) atoms. The number of hydrogen-bond donors (Lipinski definition) is 1. The highest BCUT2D eigenvalue weighted by molar-refractivity contribution is 5.81. The summed E-state index contributed by atoms with van der Waals surface area (Å²) in [7, 11) is 3.35. The molecule has 1 amide bonds. The Morgan fingerprint density at radius 2 is 1.27 bits per heavy atom. The molecular weight excluding hydrogens is 372 g/mol. The summed E-state index contributed by atoms with van der Waals surface area (Å²) in [6.45, 7) is 2.73. The molecule has 0 unspecified atom stereocenters. The lowest BCUT2D eigenvalue weighted by atomic mass is 9.94. The second-order valence-corrected chi connectivity index (χ2v) is 7.78. The summed E-state index contributed by atoms with van der Waals surface area (Å²) in [5.41, 5.74) is 3.18. The molecule has 4 nitrogen and oxygen atoms in total. The Morgan fingerprint density at radius 3 is 1.77 bits per heavy atom. The molecule has 0 saturated carbocycles. The molecule has 0 aromatic heterocycles. The van der Waals surface area contributed by atoms with E-state index < -0.39 is 12.1 Å². The molecule has 0 aliphatic heterocycles. The number of nitrogens with zero attached hydrogens (tertiary/aromatic N) is 2. The van der Waals surface area contributed by atoms with Gasteiger partial charge in [0.15, 0.2) is 6.10 Å². The Hall–Kier alpha value is -2.95. The number of aliphatic hydroxyl groups excluding tert-OH is 1. The fraction of sp³-hybridized carbons (Fsp3) is 0.269. The summed E-state index contributed by atoms with van der Waals surface area (Å²) >= 11 is 0. The summed E-state index contributed by atoms with van der Waals surface area (Å²) < 4.78 is 0. The molecule has 0 heterocycles. The molecule has 0 bridgehead atoms. The summed E-state index contributed by atoms with van der Waals surface area (Å²) in [5.74, 6) is -0.304. The van der Waals surface area contributed by atoms with Crippen molar-refractivity contribution in [2.75, 3.05) is 14.1 Å². The van der Waals surface area contributed by atoms with Crippen molar-refractivity contribution >= 4 is 5.91 Å². The highest BCUT2D eigenvalue weighted by atomic mass is 16.3. The fourth-order valence-electron chi connectivity index (χ4n) is 3.80. The summed E-state index contributed by atoms with van der Waals surface area (Å²) in [5, 5.41) is 11.2. The van der Waals surface area contributed by atoms with Crippen molar-refractivity contribution < 1.29 is 9.90 Å². The zero-order valence-electron chi connectivity index (χ0n) is 17.8. The van der Waals surface area contributed by atoms with E-state index in [0.29, 0.717) is 6.54 Å². The van der Waals surface area contributed by atoms with Crippen LogP contribution in [0.1, 0.15) is 35.7 Å². The van der Waals surface area contributed by atoms with E-state index in [4.69, 9.17) is 0 Å². The first-order valence-electron chi connectivity index (χ1n) is 10.3. The van der Waals surface area contributed by atoms with Gasteiger partial charge in [0.05, 0.1) is 6.04 Å². The Balaban J connectivity index is 2.08. The van der Waals surface area contributed by atoms with E-state index in [9.17, 15) is 9.90 Å². The first kappa shape index (κ1) is 21.8. The van der Waals surface area contributed by atoms with Crippen LogP contribution in [0, 0.1) is 0 Å². The maximum absolute atomic E-state index is 12.8. The smallest absolute Gasteiger partial charge is 0.252 e. The Labute approximate surface area is 179 Å². The predicted octanol–water partition coefficient (Wildman–Crippen LogP) is 4.44. The fourth-order valence-corrected chi connectivity index (χ4v) is 3.80. The van der Waals surface area contributed by atoms with Gasteiger partial charge >= 0.3 is 0 Å². The number of benzene rings is 3. The molecule has 4 heteroatoms. The molecule has 0 radical (unpaired) electrons. The van der Waals surface area contributed by atoms with Crippen LogP contribution >= 0.6 is 0 Å². The number of likely N-dealkylation sites (N-methyl/N-ethyl adjacent to an activating group) is 1. The van der Waals surface area contributed by atoms with E-state index in [-0.39, 0.29) is 11.9 Å². The molecule has 3 aromatic rings. The van der Waals surface area contributed by atoms with Crippen LogP contribution in [0.4, 0.5) is 0 Å². The Morgan fingerprint density at radius 1 is 0.800 bits per heavy atom. The minimum Gasteiger partial charge on any atom is -0.381 e. The van der Waals surface area contributed by atoms with Crippen molar-refractivity contribution in [1.82, 2.24) is 9.80 Å². The normalized spacial score (nSPS) is 14.2. The maximum atomic E-state index is 12.8. The number of rotatable bonds is 8. The highest BCUT2D eigenvalue weighted by Crippen LogP contribution is 2.35. The molecule has 3 aromatic carbocycles. The van der Waals surface area contributed by atoms with Crippen LogP contribution in [0.5, 0.6) is 0 Å². The molecule has 0 saturated heterocycles. The zero-order chi connectivity index (χ0) is 21.5. The summed E-state index contributed by atoms with van der Waals surface area (Å²) in [6, 6.07) is 29.7. The summed E-state index contributed by atoms with van der Waals surface area (Å²) in [6.07, 6.45) is -1.18. The first-order chi connectivity index (χ1) is 14.5. The van der Waals surface area contributed by atoms with Crippen LogP contribution in [0.3, 0.4) is 0 Å². The summed E-state index contributed by atoms with van der Waals surface area (Å²) in [4.78, 5) is 16.5. The van der Waals surface area contributed by atoms with Crippen molar-refractivity contribution in [1.29, 1.82) is 0 Å². The van der Waals surface area contributed by atoms with Crippen LogP contribution in [-0.4, -0.2) is 41.0 Å². The number of carbonyl (C=O) groups is 1. The van der Waals surface area contributed by atoms with Crippen molar-refractivity contribution in [3.05, 3.63) is 108 Å². The second kappa shape index (κ2) is 10.2. The van der Waals surface area contributed by atoms with Gasteiger partial charge in [-0.3, -0.25) is 9.69 Å². The third kappa shape index (κ3) is 5.15. The monoisotopic (exact) mass is 402 g/mol. The van der Waals surface area contributed by atoms with Gasteiger partial charge in [-0.25, -0.2) is 0 Å². The minimum atomic E-state index is -1.18. The lowest BCUT2D eigenvalue weighted by Gasteiger charge is -2.39. The van der Waals surface area contributed by atoms with Gasteiger partial charge in [0.1, 0.15) is 0 Å². The lowest BCUT2D eigenvalue weighted by Crippen LogP contribution is -2.45. The molecule has 1 N–H and O–H groups in total. The molecule has 0 aliphatic carbocycles. The van der Waals surface area contributed by atoms with Crippen LogP contribution < -0.4 is 0 Å². The van der Waals surface area contributed by atoms with Crippen molar-refractivity contribution in [2.24, 2.45) is 0 Å². The topological polar surface area (TPSA) is 43.8 Å². The van der Waals surface area contributed by atoms with Gasteiger partial charge in [-0.05, 0) is 23.6 Å². The first-order valence-corrected chi connectivity index (χ1v) is 10.3. The Kier molecular flexibility index (Phi) is 7.39. The van der Waals surface area contributed by atoms with Crippen molar-refractivity contribution in [3.63, 3.8) is 0 Å². The van der Waals surface area contributed by atoms with E-state index in [1.807, 2.05) is 66.7 Å². The number of carbonyl (C=O) groups excluding carboxylic acids is 1. The van der Waals surface area contributed by atoms with Crippen LogP contribution in [0.2, 0.25) is 0 Å². The lowest BCUT2D eigenvalue weighted by molar-refractivity contribution is -0.142. The van der Waals surface area contributed by atoms with Crippen molar-refractivity contribution in [2.45, 2.75) is 31.7 Å². The number of hydrogen-bond acceptors (Lipinski definition) is 3. The Bertz CT molecular complexity index is 914. The van der Waals surface area contributed by atoms with E-state index in [2.05, 4.69) is 36.1 Å². The van der Waals surface area contributed by atoms with E-state index in [1.54, 1.807) is 14.1 Å². The zero-order valence-corrected chi connectivity index (χ0v) is 17.8. The third-order valence-electron chi connectivity index (χ3n) is 5.48. The maximum Gasteiger partial charge on any atom is 0.252 e. The molecule has 156 valence electrons. The molecular formula is C26H30N2O2. The van der Waals surface area contributed by atoms with Crippen molar-refractivity contribution in [3.8, 4) is 0 Å². The second-order valence-electron chi connectivity index (χ2n) is 7.78. The number of amides is 1. The SMILES string of the molecule is C[C@H](c1ccccc1)N(Cc1ccccc1)[C@H](c1ccccc1)[C@@H](O)C(=O)N(C)C. The van der Waals surface area contributed by atoms with Gasteiger partial charge in [0, 0.05) is 26.7 Å². The van der Waals surface area contributed by atoms with Gasteiger partial charge in [-0.2, -0.15) is 0 Å². The average molecular weight is 403 g/mol. The van der Waals surface area contributed by atoms with E-state index >= 15 is 0 Å². The van der Waals surface area contributed by atoms with Gasteiger partial charge in [-0.1, -0.05) is 91.0 Å². The highest BCUT2D eigenvalue weighted by Gasteiger charge is 2.36. The molecule has 0 aliphatic rings. The molecule has 0 spiro atoms. The van der Waals surface area contributed by atoms with Gasteiger partial charge in [0.25, 0.3) is 5.91 Å². The van der Waals surface area contributed by atoms with Gasteiger partial charge in [-0.15, -0.1) is 0 Å². The molecule has 3 atom stereocenters. The quantitative estimate of drug-likeness (QED) is 0.606. The van der Waals surface area contributed by atoms with Crippen LogP contribution in [0.25, 0.3) is 0 Å². The molecule has 0 fully saturated rings. The third-order valence-corrected chi connectivity index (χ3v) is 5.48. The predicted molar refractivity (Wildman–Crippen MR) is 121 cm³/mol. The van der Waals surface area contributed by atoms with Crippen LogP contribution in [0.15, 0.2) is 91.0 Å². The van der Waals surface area contributed by atoms with Gasteiger partial charge in [0.2, 0.25) is 0 Å².